The van der Waals surface area contributed by atoms with Crippen LogP contribution in [0.4, 0.5) is 0 Å². The van der Waals surface area contributed by atoms with E-state index in [0.29, 0.717) is 23.6 Å². The second-order valence-corrected chi connectivity index (χ2v) is 7.06. The maximum Gasteiger partial charge on any atom is 0.228 e. The number of hydrogen-bond donors (Lipinski definition) is 2. The Hall–Kier alpha value is -0.860. The lowest BCUT2D eigenvalue weighted by atomic mass is 9.64. The van der Waals surface area contributed by atoms with Gasteiger partial charge in [0, 0.05) is 26.1 Å². The number of guanidine groups is 1. The minimum atomic E-state index is 0. The van der Waals surface area contributed by atoms with Crippen molar-refractivity contribution < 1.29 is 4.52 Å². The molecular weight excluding hydrogens is 417 g/mol. The maximum absolute atomic E-state index is 5.13. The molecule has 1 aromatic rings. The maximum atomic E-state index is 5.13. The summed E-state index contributed by atoms with van der Waals surface area (Å²) in [7, 11) is 0. The minimum absolute atomic E-state index is 0. The molecule has 6 nitrogen and oxygen atoms in total. The van der Waals surface area contributed by atoms with E-state index < -0.39 is 0 Å². The molecule has 0 unspecified atom stereocenters. The molecule has 0 amide bonds. The molecule has 7 heteroatoms. The fraction of sp³-hybridized carbons (Fsp3) is 0.824. The van der Waals surface area contributed by atoms with Crippen molar-refractivity contribution in [1.29, 1.82) is 0 Å². The monoisotopic (exact) mass is 449 g/mol. The first-order chi connectivity index (χ1) is 11.0. The first-order valence-corrected chi connectivity index (χ1v) is 8.84. The molecule has 0 saturated heterocycles. The van der Waals surface area contributed by atoms with Gasteiger partial charge in [-0.2, -0.15) is 4.98 Å². The predicted octanol–water partition coefficient (Wildman–Crippen LogP) is 3.31. The Labute approximate surface area is 162 Å². The fourth-order valence-corrected chi connectivity index (χ4v) is 3.29. The lowest BCUT2D eigenvalue weighted by Gasteiger charge is -2.42. The number of aromatic nitrogens is 2. The van der Waals surface area contributed by atoms with E-state index in [2.05, 4.69) is 41.5 Å². The topological polar surface area (TPSA) is 75.3 Å². The van der Waals surface area contributed by atoms with Crippen molar-refractivity contribution in [1.82, 2.24) is 20.8 Å². The van der Waals surface area contributed by atoms with E-state index in [4.69, 9.17) is 9.52 Å². The number of hydrogen-bond acceptors (Lipinski definition) is 4. The second-order valence-electron chi connectivity index (χ2n) is 7.06. The molecular formula is C17H32IN5O. The number of rotatable bonds is 8. The van der Waals surface area contributed by atoms with E-state index in [1.807, 2.05) is 6.92 Å². The van der Waals surface area contributed by atoms with Crippen molar-refractivity contribution in [3.63, 3.8) is 0 Å². The summed E-state index contributed by atoms with van der Waals surface area (Å²) in [4.78, 5) is 9.04. The molecule has 138 valence electrons. The standard InChI is InChI=1S/C17H31N5O.HI/c1-5-18-16(19-10-7-15-21-14(4)22-23-15)20-12-17(8-6-9-17)11-13(2)3;/h13H,5-12H2,1-4H3,(H2,18,19,20);1H. The lowest BCUT2D eigenvalue weighted by Crippen LogP contribution is -2.41. The van der Waals surface area contributed by atoms with Crippen LogP contribution >= 0.6 is 24.0 Å². The van der Waals surface area contributed by atoms with Crippen LogP contribution in [0, 0.1) is 18.3 Å². The highest BCUT2D eigenvalue weighted by molar-refractivity contribution is 14.0. The molecule has 2 N–H and O–H groups in total. The third kappa shape index (κ3) is 6.57. The minimum Gasteiger partial charge on any atom is -0.357 e. The van der Waals surface area contributed by atoms with Crippen LogP contribution in [0.5, 0.6) is 0 Å². The smallest absolute Gasteiger partial charge is 0.228 e. The van der Waals surface area contributed by atoms with Gasteiger partial charge in [-0.3, -0.25) is 4.99 Å². The van der Waals surface area contributed by atoms with Gasteiger partial charge in [-0.1, -0.05) is 25.4 Å². The third-order valence-electron chi connectivity index (χ3n) is 4.37. The van der Waals surface area contributed by atoms with Gasteiger partial charge in [0.1, 0.15) is 0 Å². The van der Waals surface area contributed by atoms with Crippen LogP contribution in [-0.2, 0) is 6.42 Å². The number of nitrogens with one attached hydrogen (secondary N) is 2. The molecule has 24 heavy (non-hydrogen) atoms. The molecule has 0 radical (unpaired) electrons. The van der Waals surface area contributed by atoms with Gasteiger partial charge < -0.3 is 15.2 Å². The van der Waals surface area contributed by atoms with Gasteiger partial charge in [-0.05, 0) is 44.4 Å². The van der Waals surface area contributed by atoms with Gasteiger partial charge in [-0.15, -0.1) is 24.0 Å². The fourth-order valence-electron chi connectivity index (χ4n) is 3.29. The van der Waals surface area contributed by atoms with Crippen molar-refractivity contribution in [3.05, 3.63) is 11.7 Å². The highest BCUT2D eigenvalue weighted by Crippen LogP contribution is 2.46. The molecule has 0 aliphatic heterocycles. The van der Waals surface area contributed by atoms with Crippen molar-refractivity contribution in [2.75, 3.05) is 19.6 Å². The highest BCUT2D eigenvalue weighted by atomic mass is 127. The molecule has 1 fully saturated rings. The van der Waals surface area contributed by atoms with E-state index >= 15 is 0 Å². The molecule has 1 saturated carbocycles. The van der Waals surface area contributed by atoms with Crippen LogP contribution in [-0.4, -0.2) is 35.7 Å². The molecule has 1 heterocycles. The first-order valence-electron chi connectivity index (χ1n) is 8.84. The number of halogens is 1. The van der Waals surface area contributed by atoms with Crippen LogP contribution in [0.15, 0.2) is 9.52 Å². The van der Waals surface area contributed by atoms with E-state index in [1.54, 1.807) is 0 Å². The molecule has 0 spiro atoms. The number of nitrogens with zero attached hydrogens (tertiary/aromatic N) is 3. The van der Waals surface area contributed by atoms with Gasteiger partial charge in [0.05, 0.1) is 0 Å². The third-order valence-corrected chi connectivity index (χ3v) is 4.37. The normalized spacial score (nSPS) is 16.5. The first kappa shape index (κ1) is 21.2. The van der Waals surface area contributed by atoms with Gasteiger partial charge in [-0.25, -0.2) is 0 Å². The predicted molar refractivity (Wildman–Crippen MR) is 108 cm³/mol. The van der Waals surface area contributed by atoms with E-state index in [9.17, 15) is 0 Å². The number of aryl methyl sites for hydroxylation is 1. The summed E-state index contributed by atoms with van der Waals surface area (Å²) >= 11 is 0. The molecule has 2 rings (SSSR count). The van der Waals surface area contributed by atoms with Crippen LogP contribution < -0.4 is 10.6 Å². The van der Waals surface area contributed by atoms with Crippen molar-refractivity contribution in [2.45, 2.75) is 59.8 Å². The Balaban J connectivity index is 0.00000288. The van der Waals surface area contributed by atoms with Crippen molar-refractivity contribution in [2.24, 2.45) is 16.3 Å². The Kier molecular flexibility index (Phi) is 9.01. The zero-order valence-corrected chi connectivity index (χ0v) is 17.7. The molecule has 0 atom stereocenters. The highest BCUT2D eigenvalue weighted by Gasteiger charge is 2.37. The molecule has 0 aromatic carbocycles. The molecule has 1 aliphatic rings. The average Bonchev–Trinajstić information content (AvgIpc) is 2.86. The summed E-state index contributed by atoms with van der Waals surface area (Å²) in [5.41, 5.74) is 0.431. The Morgan fingerprint density at radius 2 is 2.08 bits per heavy atom. The van der Waals surface area contributed by atoms with Crippen LogP contribution in [0.3, 0.4) is 0 Å². The van der Waals surface area contributed by atoms with Crippen molar-refractivity contribution in [3.8, 4) is 0 Å². The van der Waals surface area contributed by atoms with Gasteiger partial charge >= 0.3 is 0 Å². The van der Waals surface area contributed by atoms with Gasteiger partial charge in [0.25, 0.3) is 0 Å². The zero-order chi connectivity index (χ0) is 16.7. The SMILES string of the molecule is CCNC(=NCC1(CC(C)C)CCC1)NCCc1nc(C)no1.I. The van der Waals surface area contributed by atoms with E-state index in [1.165, 1.54) is 25.7 Å². The number of aliphatic imine (C=N–C) groups is 1. The zero-order valence-electron chi connectivity index (χ0n) is 15.4. The summed E-state index contributed by atoms with van der Waals surface area (Å²) in [5.74, 6) is 2.97. The Bertz CT molecular complexity index is 511. The summed E-state index contributed by atoms with van der Waals surface area (Å²) in [6, 6.07) is 0. The van der Waals surface area contributed by atoms with E-state index in [-0.39, 0.29) is 24.0 Å². The second kappa shape index (κ2) is 10.2. The van der Waals surface area contributed by atoms with Gasteiger partial charge in [0.15, 0.2) is 11.8 Å². The Morgan fingerprint density at radius 3 is 2.58 bits per heavy atom. The van der Waals surface area contributed by atoms with Crippen LogP contribution in [0.2, 0.25) is 0 Å². The Morgan fingerprint density at radius 1 is 1.33 bits per heavy atom. The molecule has 1 aromatic heterocycles. The largest absolute Gasteiger partial charge is 0.357 e. The summed E-state index contributed by atoms with van der Waals surface area (Å²) in [5, 5.41) is 10.5. The average molecular weight is 449 g/mol. The summed E-state index contributed by atoms with van der Waals surface area (Å²) in [6.45, 7) is 11.1. The van der Waals surface area contributed by atoms with E-state index in [0.717, 1.165) is 31.5 Å². The van der Waals surface area contributed by atoms with Crippen LogP contribution in [0.1, 0.15) is 58.2 Å². The lowest BCUT2D eigenvalue weighted by molar-refractivity contribution is 0.111. The van der Waals surface area contributed by atoms with Crippen LogP contribution in [0.25, 0.3) is 0 Å². The van der Waals surface area contributed by atoms with Crippen molar-refractivity contribution >= 4 is 29.9 Å². The summed E-state index contributed by atoms with van der Waals surface area (Å²) < 4.78 is 5.13. The quantitative estimate of drug-likeness (QED) is 0.362. The molecule has 1 aliphatic carbocycles. The van der Waals surface area contributed by atoms with Gasteiger partial charge in [0.2, 0.25) is 5.89 Å². The summed E-state index contributed by atoms with van der Waals surface area (Å²) in [6.07, 6.45) is 5.97. The molecule has 0 bridgehead atoms.